The fourth-order valence-corrected chi connectivity index (χ4v) is 3.90. The van der Waals surface area contributed by atoms with Crippen LogP contribution >= 0.6 is 0 Å². The Labute approximate surface area is 126 Å². The Morgan fingerprint density at radius 3 is 2.81 bits per heavy atom. The van der Waals surface area contributed by atoms with Crippen LogP contribution in [0.4, 0.5) is 0 Å². The number of hydrogen-bond donors (Lipinski definition) is 0. The van der Waals surface area contributed by atoms with Crippen molar-refractivity contribution in [1.29, 1.82) is 0 Å². The number of nitrogens with zero attached hydrogens (tertiary/aromatic N) is 4. The largest absolute Gasteiger partial charge is 0.335 e. The van der Waals surface area contributed by atoms with E-state index in [9.17, 15) is 4.79 Å². The summed E-state index contributed by atoms with van der Waals surface area (Å²) in [6, 6.07) is 0. The molecule has 0 saturated heterocycles. The van der Waals surface area contributed by atoms with Crippen molar-refractivity contribution in [3.05, 3.63) is 11.9 Å². The number of carbonyl (C=O) groups is 1. The van der Waals surface area contributed by atoms with E-state index in [4.69, 9.17) is 0 Å². The average Bonchev–Trinajstić information content (AvgIpc) is 2.97. The van der Waals surface area contributed by atoms with E-state index < -0.39 is 0 Å². The number of hydrogen-bond acceptors (Lipinski definition) is 3. The van der Waals surface area contributed by atoms with Crippen molar-refractivity contribution in [3.8, 4) is 0 Å². The third-order valence-corrected chi connectivity index (χ3v) is 5.33. The van der Waals surface area contributed by atoms with Gasteiger partial charge in [-0.05, 0) is 31.1 Å². The van der Waals surface area contributed by atoms with E-state index in [-0.39, 0.29) is 5.92 Å². The molecule has 116 valence electrons. The molecule has 0 bridgehead atoms. The molecule has 1 amide bonds. The molecule has 1 aliphatic carbocycles. The second-order valence-corrected chi connectivity index (χ2v) is 6.74. The Morgan fingerprint density at radius 1 is 1.33 bits per heavy atom. The molecule has 1 unspecified atom stereocenters. The van der Waals surface area contributed by atoms with Crippen molar-refractivity contribution in [2.24, 2.45) is 17.8 Å². The van der Waals surface area contributed by atoms with Crippen LogP contribution in [0.3, 0.4) is 0 Å². The molecule has 2 aliphatic rings. The first-order chi connectivity index (χ1) is 10.2. The molecule has 3 rings (SSSR count). The van der Waals surface area contributed by atoms with Gasteiger partial charge < -0.3 is 4.90 Å². The fourth-order valence-electron chi connectivity index (χ4n) is 3.90. The van der Waals surface area contributed by atoms with Crippen LogP contribution in [0, 0.1) is 17.8 Å². The summed E-state index contributed by atoms with van der Waals surface area (Å²) < 4.78 is 1.91. The standard InChI is InChI=1S/C16H26N4O/c1-3-15(13-6-4-12(2)5-7-13)16(21)19-8-9-20-14(11-19)10-17-18-20/h10,12-13,15H,3-9,11H2,1-2H3. The average molecular weight is 290 g/mol. The molecule has 0 aromatic carbocycles. The normalized spacial score (nSPS) is 27.2. The highest BCUT2D eigenvalue weighted by molar-refractivity contribution is 5.79. The Hall–Kier alpha value is -1.39. The maximum absolute atomic E-state index is 12.9. The molecule has 0 radical (unpaired) electrons. The topological polar surface area (TPSA) is 51.0 Å². The smallest absolute Gasteiger partial charge is 0.226 e. The molecule has 0 spiro atoms. The van der Waals surface area contributed by atoms with Gasteiger partial charge in [-0.15, -0.1) is 5.10 Å². The lowest BCUT2D eigenvalue weighted by Gasteiger charge is -2.36. The summed E-state index contributed by atoms with van der Waals surface area (Å²) >= 11 is 0. The van der Waals surface area contributed by atoms with Gasteiger partial charge in [-0.3, -0.25) is 4.79 Å². The van der Waals surface area contributed by atoms with E-state index in [0.717, 1.165) is 31.1 Å². The van der Waals surface area contributed by atoms with E-state index in [2.05, 4.69) is 24.2 Å². The number of aromatic nitrogens is 3. The molecule has 21 heavy (non-hydrogen) atoms. The molecule has 0 N–H and O–H groups in total. The third-order valence-electron chi connectivity index (χ3n) is 5.33. The summed E-state index contributed by atoms with van der Waals surface area (Å²) in [5.41, 5.74) is 1.06. The zero-order valence-corrected chi connectivity index (χ0v) is 13.2. The van der Waals surface area contributed by atoms with Crippen LogP contribution in [0.1, 0.15) is 51.6 Å². The molecule has 1 fully saturated rings. The predicted octanol–water partition coefficient (Wildman–Crippen LogP) is 2.47. The molecule has 1 saturated carbocycles. The van der Waals surface area contributed by atoms with Gasteiger partial charge in [0.25, 0.3) is 0 Å². The molecule has 1 aromatic rings. The maximum atomic E-state index is 12.9. The van der Waals surface area contributed by atoms with Crippen LogP contribution in [-0.4, -0.2) is 32.3 Å². The summed E-state index contributed by atoms with van der Waals surface area (Å²) in [4.78, 5) is 14.9. The zero-order valence-electron chi connectivity index (χ0n) is 13.2. The van der Waals surface area contributed by atoms with E-state index in [1.807, 2.05) is 9.58 Å². The van der Waals surface area contributed by atoms with Crippen molar-refractivity contribution in [3.63, 3.8) is 0 Å². The van der Waals surface area contributed by atoms with E-state index in [0.29, 0.717) is 18.4 Å². The van der Waals surface area contributed by atoms with Crippen molar-refractivity contribution in [2.75, 3.05) is 6.54 Å². The lowest BCUT2D eigenvalue weighted by atomic mass is 9.75. The minimum atomic E-state index is 0.208. The number of amides is 1. The summed E-state index contributed by atoms with van der Waals surface area (Å²) in [6.45, 7) is 6.72. The van der Waals surface area contributed by atoms with E-state index >= 15 is 0 Å². The first-order valence-electron chi connectivity index (χ1n) is 8.35. The summed E-state index contributed by atoms with van der Waals surface area (Å²) in [6.07, 6.45) is 7.75. The van der Waals surface area contributed by atoms with Gasteiger partial charge in [-0.1, -0.05) is 31.9 Å². The second kappa shape index (κ2) is 6.16. The van der Waals surface area contributed by atoms with Gasteiger partial charge in [0.05, 0.1) is 25.0 Å². The minimum absolute atomic E-state index is 0.208. The molecule has 5 heteroatoms. The Morgan fingerprint density at radius 2 is 2.10 bits per heavy atom. The van der Waals surface area contributed by atoms with Gasteiger partial charge in [0.15, 0.2) is 0 Å². The van der Waals surface area contributed by atoms with Crippen LogP contribution in [-0.2, 0) is 17.9 Å². The maximum Gasteiger partial charge on any atom is 0.226 e. The quantitative estimate of drug-likeness (QED) is 0.859. The lowest BCUT2D eigenvalue weighted by Crippen LogP contribution is -2.43. The van der Waals surface area contributed by atoms with Crippen LogP contribution in [0.5, 0.6) is 0 Å². The minimum Gasteiger partial charge on any atom is -0.335 e. The van der Waals surface area contributed by atoms with Gasteiger partial charge in [-0.25, -0.2) is 4.68 Å². The van der Waals surface area contributed by atoms with Crippen molar-refractivity contribution < 1.29 is 4.79 Å². The van der Waals surface area contributed by atoms with E-state index in [1.165, 1.54) is 25.7 Å². The Kier molecular flexibility index (Phi) is 4.27. The summed E-state index contributed by atoms with van der Waals surface area (Å²) in [5, 5.41) is 7.98. The number of carbonyl (C=O) groups excluding carboxylic acids is 1. The first kappa shape index (κ1) is 14.5. The molecule has 5 nitrogen and oxygen atoms in total. The van der Waals surface area contributed by atoms with Gasteiger partial charge in [-0.2, -0.15) is 0 Å². The van der Waals surface area contributed by atoms with Gasteiger partial charge in [0.1, 0.15) is 0 Å². The van der Waals surface area contributed by atoms with Crippen molar-refractivity contribution >= 4 is 5.91 Å². The molecule has 1 aromatic heterocycles. The van der Waals surface area contributed by atoms with Crippen molar-refractivity contribution in [2.45, 2.75) is 59.0 Å². The van der Waals surface area contributed by atoms with Gasteiger partial charge in [0.2, 0.25) is 5.91 Å². The number of rotatable bonds is 3. The molecule has 1 aliphatic heterocycles. The summed E-state index contributed by atoms with van der Waals surface area (Å²) in [5.74, 6) is 1.98. The lowest BCUT2D eigenvalue weighted by molar-refractivity contribution is -0.139. The monoisotopic (exact) mass is 290 g/mol. The highest BCUT2D eigenvalue weighted by atomic mass is 16.2. The SMILES string of the molecule is CCC(C(=O)N1CCn2nncc2C1)C1CCC(C)CC1. The molecular formula is C16H26N4O. The number of fused-ring (bicyclic) bond motifs is 1. The zero-order chi connectivity index (χ0) is 14.8. The highest BCUT2D eigenvalue weighted by Gasteiger charge is 2.33. The first-order valence-corrected chi connectivity index (χ1v) is 8.35. The Bertz CT molecular complexity index is 490. The summed E-state index contributed by atoms with van der Waals surface area (Å²) in [7, 11) is 0. The predicted molar refractivity (Wildman–Crippen MR) is 80.3 cm³/mol. The van der Waals surface area contributed by atoms with Crippen LogP contribution in [0.15, 0.2) is 6.20 Å². The van der Waals surface area contributed by atoms with Crippen LogP contribution in [0.25, 0.3) is 0 Å². The van der Waals surface area contributed by atoms with Gasteiger partial charge >= 0.3 is 0 Å². The Balaban J connectivity index is 1.66. The molecule has 1 atom stereocenters. The van der Waals surface area contributed by atoms with Crippen LogP contribution < -0.4 is 0 Å². The second-order valence-electron chi connectivity index (χ2n) is 6.74. The molecular weight excluding hydrogens is 264 g/mol. The molecule has 2 heterocycles. The third kappa shape index (κ3) is 2.97. The van der Waals surface area contributed by atoms with Crippen molar-refractivity contribution in [1.82, 2.24) is 19.9 Å². The highest BCUT2D eigenvalue weighted by Crippen LogP contribution is 2.35. The van der Waals surface area contributed by atoms with Gasteiger partial charge in [0, 0.05) is 12.5 Å². The fraction of sp³-hybridized carbons (Fsp3) is 0.812. The van der Waals surface area contributed by atoms with E-state index in [1.54, 1.807) is 6.20 Å². The van der Waals surface area contributed by atoms with Crippen LogP contribution in [0.2, 0.25) is 0 Å².